The molecule has 0 atom stereocenters. The molecule has 0 saturated carbocycles. The Morgan fingerprint density at radius 3 is 2.70 bits per heavy atom. The number of carbonyl (C=O) groups is 2. The largest absolute Gasteiger partial charge is 0.465 e. The number of carbonyl (C=O) groups excluding carboxylic acids is 2. The molecule has 0 unspecified atom stereocenters. The molecule has 1 amide bonds. The molecule has 0 aliphatic heterocycles. The van der Waals surface area contributed by atoms with E-state index in [1.807, 2.05) is 0 Å². The number of halogens is 1. The first-order valence-electron chi connectivity index (χ1n) is 5.76. The molecule has 104 valence electrons. The van der Waals surface area contributed by atoms with E-state index in [-0.39, 0.29) is 5.91 Å². The van der Waals surface area contributed by atoms with Gasteiger partial charge in [0.25, 0.3) is 5.91 Å². The van der Waals surface area contributed by atoms with Crippen LogP contribution in [-0.2, 0) is 4.74 Å². The van der Waals surface area contributed by atoms with Crippen molar-refractivity contribution in [3.05, 3.63) is 50.1 Å². The average Bonchev–Trinajstić information content (AvgIpc) is 2.87. The topological polar surface area (TPSA) is 55.4 Å². The Hall–Kier alpha value is -1.66. The van der Waals surface area contributed by atoms with Crippen molar-refractivity contribution in [1.29, 1.82) is 0 Å². The predicted octanol–water partition coefficient (Wildman–Crippen LogP) is 3.86. The lowest BCUT2D eigenvalue weighted by Gasteiger charge is -2.10. The van der Waals surface area contributed by atoms with Gasteiger partial charge in [0.15, 0.2) is 0 Å². The molecule has 6 heteroatoms. The second-order valence-electron chi connectivity index (χ2n) is 4.06. The van der Waals surface area contributed by atoms with Crippen LogP contribution in [-0.4, -0.2) is 19.0 Å². The molecule has 0 aliphatic carbocycles. The van der Waals surface area contributed by atoms with Gasteiger partial charge in [-0.25, -0.2) is 4.79 Å². The van der Waals surface area contributed by atoms with Gasteiger partial charge >= 0.3 is 5.97 Å². The molecule has 1 aromatic heterocycles. The molecule has 1 aromatic carbocycles. The Morgan fingerprint density at radius 1 is 1.35 bits per heavy atom. The lowest BCUT2D eigenvalue weighted by molar-refractivity contribution is 0.0599. The highest BCUT2D eigenvalue weighted by atomic mass is 79.9. The lowest BCUT2D eigenvalue weighted by Crippen LogP contribution is -2.13. The summed E-state index contributed by atoms with van der Waals surface area (Å²) in [5.41, 5.74) is 2.30. The SMILES string of the molecule is COC(=O)c1cccc(NC(=O)c2csc(Br)c2)c1C. The lowest BCUT2D eigenvalue weighted by atomic mass is 10.1. The monoisotopic (exact) mass is 353 g/mol. The summed E-state index contributed by atoms with van der Waals surface area (Å²) in [6.45, 7) is 1.77. The number of hydrogen-bond acceptors (Lipinski definition) is 4. The van der Waals surface area contributed by atoms with E-state index >= 15 is 0 Å². The minimum Gasteiger partial charge on any atom is -0.465 e. The number of anilines is 1. The smallest absolute Gasteiger partial charge is 0.338 e. The maximum absolute atomic E-state index is 12.1. The van der Waals surface area contributed by atoms with Crippen LogP contribution in [0, 0.1) is 6.92 Å². The van der Waals surface area contributed by atoms with E-state index in [1.54, 1.807) is 36.6 Å². The molecule has 0 radical (unpaired) electrons. The third-order valence-electron chi connectivity index (χ3n) is 2.82. The highest BCUT2D eigenvalue weighted by molar-refractivity contribution is 9.11. The second kappa shape index (κ2) is 6.19. The quantitative estimate of drug-likeness (QED) is 0.852. The van der Waals surface area contributed by atoms with Gasteiger partial charge in [0.2, 0.25) is 0 Å². The summed E-state index contributed by atoms with van der Waals surface area (Å²) in [5.74, 6) is -0.631. The van der Waals surface area contributed by atoms with E-state index in [9.17, 15) is 9.59 Å². The van der Waals surface area contributed by atoms with Crippen LogP contribution in [0.1, 0.15) is 26.3 Å². The van der Waals surface area contributed by atoms with E-state index in [4.69, 9.17) is 4.74 Å². The number of methoxy groups -OCH3 is 1. The number of esters is 1. The fourth-order valence-electron chi connectivity index (χ4n) is 1.73. The van der Waals surface area contributed by atoms with E-state index in [1.165, 1.54) is 18.4 Å². The molecule has 1 N–H and O–H groups in total. The summed E-state index contributed by atoms with van der Waals surface area (Å²) >= 11 is 4.76. The van der Waals surface area contributed by atoms with Crippen molar-refractivity contribution in [2.45, 2.75) is 6.92 Å². The number of rotatable bonds is 3. The van der Waals surface area contributed by atoms with Crippen LogP contribution in [0.4, 0.5) is 5.69 Å². The van der Waals surface area contributed by atoms with Crippen molar-refractivity contribution in [3.63, 3.8) is 0 Å². The fourth-order valence-corrected chi connectivity index (χ4v) is 2.86. The van der Waals surface area contributed by atoms with Crippen LogP contribution in [0.3, 0.4) is 0 Å². The zero-order valence-corrected chi connectivity index (χ0v) is 13.3. The molecular formula is C14H12BrNO3S. The van der Waals surface area contributed by atoms with Crippen molar-refractivity contribution in [3.8, 4) is 0 Å². The first-order valence-corrected chi connectivity index (χ1v) is 7.43. The Labute approximate surface area is 128 Å². The molecular weight excluding hydrogens is 342 g/mol. The standard InChI is InChI=1S/C14H12BrNO3S/c1-8-10(14(18)19-2)4-3-5-11(8)16-13(17)9-6-12(15)20-7-9/h3-7H,1-2H3,(H,16,17). The fraction of sp³-hybridized carbons (Fsp3) is 0.143. The summed E-state index contributed by atoms with van der Waals surface area (Å²) in [6.07, 6.45) is 0. The average molecular weight is 354 g/mol. The second-order valence-corrected chi connectivity index (χ2v) is 6.35. The van der Waals surface area contributed by atoms with Gasteiger partial charge in [-0.2, -0.15) is 0 Å². The number of thiophene rings is 1. The third-order valence-corrected chi connectivity index (χ3v) is 4.32. The van der Waals surface area contributed by atoms with Gasteiger partial charge in [0.1, 0.15) is 0 Å². The first kappa shape index (κ1) is 14.7. The number of benzene rings is 1. The zero-order chi connectivity index (χ0) is 14.7. The summed E-state index contributed by atoms with van der Waals surface area (Å²) in [6, 6.07) is 6.87. The normalized spacial score (nSPS) is 10.2. The number of nitrogens with one attached hydrogen (secondary N) is 1. The van der Waals surface area contributed by atoms with E-state index in [2.05, 4.69) is 21.2 Å². The molecule has 2 aromatic rings. The molecule has 0 spiro atoms. The predicted molar refractivity (Wildman–Crippen MR) is 82.5 cm³/mol. The van der Waals surface area contributed by atoms with Gasteiger partial charge in [-0.3, -0.25) is 4.79 Å². The van der Waals surface area contributed by atoms with Gasteiger partial charge in [0, 0.05) is 11.1 Å². The molecule has 0 aliphatic rings. The van der Waals surface area contributed by atoms with Crippen molar-refractivity contribution < 1.29 is 14.3 Å². The molecule has 0 bridgehead atoms. The summed E-state index contributed by atoms with van der Waals surface area (Å²) in [4.78, 5) is 23.7. The summed E-state index contributed by atoms with van der Waals surface area (Å²) in [5, 5.41) is 4.56. The Balaban J connectivity index is 2.26. The van der Waals surface area contributed by atoms with Crippen LogP contribution in [0.2, 0.25) is 0 Å². The molecule has 1 heterocycles. The Bertz CT molecular complexity index is 666. The van der Waals surface area contributed by atoms with Crippen molar-refractivity contribution >= 4 is 44.8 Å². The summed E-state index contributed by atoms with van der Waals surface area (Å²) < 4.78 is 5.60. The zero-order valence-electron chi connectivity index (χ0n) is 10.9. The highest BCUT2D eigenvalue weighted by Gasteiger charge is 2.14. The molecule has 0 saturated heterocycles. The van der Waals surface area contributed by atoms with Crippen LogP contribution in [0.15, 0.2) is 33.4 Å². The van der Waals surface area contributed by atoms with Gasteiger partial charge in [-0.15, -0.1) is 11.3 Å². The minimum absolute atomic E-state index is 0.211. The van der Waals surface area contributed by atoms with Crippen molar-refractivity contribution in [2.75, 3.05) is 12.4 Å². The number of amides is 1. The van der Waals surface area contributed by atoms with Crippen molar-refractivity contribution in [2.24, 2.45) is 0 Å². The maximum atomic E-state index is 12.1. The van der Waals surface area contributed by atoms with Crippen LogP contribution < -0.4 is 5.32 Å². The highest BCUT2D eigenvalue weighted by Crippen LogP contribution is 2.23. The van der Waals surface area contributed by atoms with Crippen molar-refractivity contribution in [1.82, 2.24) is 0 Å². The van der Waals surface area contributed by atoms with Gasteiger partial charge < -0.3 is 10.1 Å². The van der Waals surface area contributed by atoms with Crippen LogP contribution in [0.5, 0.6) is 0 Å². The number of ether oxygens (including phenoxy) is 1. The van der Waals surface area contributed by atoms with Gasteiger partial charge in [0.05, 0.1) is 22.0 Å². The van der Waals surface area contributed by atoms with Gasteiger partial charge in [-0.05, 0) is 46.6 Å². The summed E-state index contributed by atoms with van der Waals surface area (Å²) in [7, 11) is 1.33. The Kier molecular flexibility index (Phi) is 4.57. The number of hydrogen-bond donors (Lipinski definition) is 1. The maximum Gasteiger partial charge on any atom is 0.338 e. The molecule has 20 heavy (non-hydrogen) atoms. The molecule has 2 rings (SSSR count). The first-order chi connectivity index (χ1) is 9.52. The van der Waals surface area contributed by atoms with Crippen LogP contribution >= 0.6 is 27.3 Å². The van der Waals surface area contributed by atoms with E-state index in [0.717, 1.165) is 3.79 Å². The minimum atomic E-state index is -0.420. The molecule has 4 nitrogen and oxygen atoms in total. The molecule has 0 fully saturated rings. The Morgan fingerprint density at radius 2 is 2.10 bits per heavy atom. The van der Waals surface area contributed by atoms with Gasteiger partial charge in [-0.1, -0.05) is 6.07 Å². The van der Waals surface area contributed by atoms with E-state index < -0.39 is 5.97 Å². The van der Waals surface area contributed by atoms with Crippen LogP contribution in [0.25, 0.3) is 0 Å². The van der Waals surface area contributed by atoms with E-state index in [0.29, 0.717) is 22.4 Å². The third kappa shape index (κ3) is 3.08.